The van der Waals surface area contributed by atoms with Crippen LogP contribution in [0.4, 0.5) is 29.5 Å². The lowest BCUT2D eigenvalue weighted by atomic mass is 10.2. The molecule has 3 aromatic heterocycles. The number of alkyl halides is 3. The molecule has 28 heavy (non-hydrogen) atoms. The van der Waals surface area contributed by atoms with Crippen LogP contribution in [-0.2, 0) is 6.18 Å². The standard InChI is InChI=1S/C16H14F3N5O3S/c1-7(28-14-22-12(16(17,18)19)4-13(20)23-14)9-3-8-10(24(2)15(25)26)6-27-11(8)5-21-9/h3-7H,1-2H3,(H,25,26)(H2,20,22,23). The van der Waals surface area contributed by atoms with Gasteiger partial charge in [-0.25, -0.2) is 14.8 Å². The first kappa shape index (κ1) is 19.7. The van der Waals surface area contributed by atoms with Gasteiger partial charge in [-0.3, -0.25) is 9.88 Å². The van der Waals surface area contributed by atoms with Crippen LogP contribution >= 0.6 is 11.8 Å². The highest BCUT2D eigenvalue weighted by Crippen LogP contribution is 2.37. The van der Waals surface area contributed by atoms with Crippen LogP contribution < -0.4 is 10.6 Å². The second-order valence-corrected chi connectivity index (χ2v) is 7.09. The fourth-order valence-corrected chi connectivity index (χ4v) is 3.26. The van der Waals surface area contributed by atoms with Crippen molar-refractivity contribution in [3.8, 4) is 0 Å². The third kappa shape index (κ3) is 3.96. The maximum atomic E-state index is 12.9. The van der Waals surface area contributed by atoms with Crippen molar-refractivity contribution in [2.45, 2.75) is 23.5 Å². The second kappa shape index (κ2) is 7.19. The number of carboxylic acid groups (broad SMARTS) is 1. The molecule has 3 heterocycles. The summed E-state index contributed by atoms with van der Waals surface area (Å²) in [6, 6.07) is 2.28. The van der Waals surface area contributed by atoms with Gasteiger partial charge in [-0.15, -0.1) is 0 Å². The maximum Gasteiger partial charge on any atom is 0.433 e. The average molecular weight is 413 g/mol. The highest BCUT2D eigenvalue weighted by Gasteiger charge is 2.33. The summed E-state index contributed by atoms with van der Waals surface area (Å²) in [5, 5.41) is 9.07. The summed E-state index contributed by atoms with van der Waals surface area (Å²) in [5.41, 5.74) is 5.52. The molecule has 0 aliphatic rings. The topological polar surface area (TPSA) is 118 Å². The van der Waals surface area contributed by atoms with Crippen molar-refractivity contribution < 1.29 is 27.5 Å². The highest BCUT2D eigenvalue weighted by molar-refractivity contribution is 7.99. The van der Waals surface area contributed by atoms with Crippen LogP contribution in [0.3, 0.4) is 0 Å². The normalized spacial score (nSPS) is 12.9. The Morgan fingerprint density at radius 2 is 2.07 bits per heavy atom. The fraction of sp³-hybridized carbons (Fsp3) is 0.250. The molecule has 0 spiro atoms. The third-order valence-corrected chi connectivity index (χ3v) is 4.81. The lowest BCUT2D eigenvalue weighted by molar-refractivity contribution is -0.141. The smallest absolute Gasteiger partial charge is 0.433 e. The van der Waals surface area contributed by atoms with E-state index in [0.717, 1.165) is 16.7 Å². The molecule has 0 aliphatic heterocycles. The summed E-state index contributed by atoms with van der Waals surface area (Å²) < 4.78 is 44.0. The SMILES string of the molecule is CC(Sc1nc(N)cc(C(F)(F)F)n1)c1cc2c(N(C)C(=O)O)coc2cn1. The molecule has 1 atom stereocenters. The average Bonchev–Trinajstić information content (AvgIpc) is 3.02. The van der Waals surface area contributed by atoms with Crippen LogP contribution in [0, 0.1) is 0 Å². The van der Waals surface area contributed by atoms with Gasteiger partial charge in [-0.1, -0.05) is 11.8 Å². The Morgan fingerprint density at radius 3 is 2.71 bits per heavy atom. The number of rotatable bonds is 4. The van der Waals surface area contributed by atoms with E-state index >= 15 is 0 Å². The lowest BCUT2D eigenvalue weighted by Gasteiger charge is -2.13. The Bertz CT molecular complexity index is 1040. The van der Waals surface area contributed by atoms with Crippen LogP contribution in [0.15, 0.2) is 34.2 Å². The van der Waals surface area contributed by atoms with E-state index in [2.05, 4.69) is 15.0 Å². The minimum absolute atomic E-state index is 0.142. The molecule has 148 valence electrons. The first-order chi connectivity index (χ1) is 13.1. The molecule has 1 unspecified atom stereocenters. The minimum Gasteiger partial charge on any atom is -0.465 e. The quantitative estimate of drug-likeness (QED) is 0.483. The van der Waals surface area contributed by atoms with Gasteiger partial charge in [0.05, 0.1) is 22.8 Å². The number of amides is 1. The molecular weight excluding hydrogens is 399 g/mol. The van der Waals surface area contributed by atoms with Gasteiger partial charge in [0.15, 0.2) is 16.4 Å². The zero-order valence-electron chi connectivity index (χ0n) is 14.6. The molecule has 3 aromatic rings. The van der Waals surface area contributed by atoms with E-state index < -0.39 is 23.2 Å². The summed E-state index contributed by atoms with van der Waals surface area (Å²) in [6.07, 6.45) is -3.10. The van der Waals surface area contributed by atoms with Crippen LogP contribution in [0.2, 0.25) is 0 Å². The van der Waals surface area contributed by atoms with E-state index in [1.54, 1.807) is 13.0 Å². The minimum atomic E-state index is -4.64. The fourth-order valence-electron chi connectivity index (χ4n) is 2.38. The monoisotopic (exact) mass is 413 g/mol. The number of nitrogens with zero attached hydrogens (tertiary/aromatic N) is 4. The number of nitrogen functional groups attached to an aromatic ring is 1. The molecule has 8 nitrogen and oxygen atoms in total. The number of fused-ring (bicyclic) bond motifs is 1. The van der Waals surface area contributed by atoms with Crippen molar-refractivity contribution in [3.05, 3.63) is 36.0 Å². The molecule has 0 aromatic carbocycles. The molecule has 0 aliphatic carbocycles. The van der Waals surface area contributed by atoms with Crippen molar-refractivity contribution in [1.29, 1.82) is 0 Å². The molecule has 3 N–H and O–H groups in total. The first-order valence-corrected chi connectivity index (χ1v) is 8.66. The molecule has 12 heteroatoms. The molecule has 0 saturated carbocycles. The Balaban J connectivity index is 1.92. The molecule has 0 fully saturated rings. The largest absolute Gasteiger partial charge is 0.465 e. The van der Waals surface area contributed by atoms with Crippen LogP contribution in [0.1, 0.15) is 23.6 Å². The van der Waals surface area contributed by atoms with Crippen molar-refractivity contribution >= 4 is 40.3 Å². The van der Waals surface area contributed by atoms with Gasteiger partial charge in [0.1, 0.15) is 12.1 Å². The Kier molecular flexibility index (Phi) is 5.06. The number of halogens is 3. The van der Waals surface area contributed by atoms with E-state index in [9.17, 15) is 18.0 Å². The van der Waals surface area contributed by atoms with Crippen molar-refractivity contribution in [2.24, 2.45) is 0 Å². The van der Waals surface area contributed by atoms with Gasteiger partial charge in [-0.05, 0) is 13.0 Å². The molecule has 1 amide bonds. The van der Waals surface area contributed by atoms with E-state index in [4.69, 9.17) is 15.3 Å². The summed E-state index contributed by atoms with van der Waals surface area (Å²) in [7, 11) is 1.37. The summed E-state index contributed by atoms with van der Waals surface area (Å²) in [6.45, 7) is 1.71. The zero-order chi connectivity index (χ0) is 20.6. The number of furan rings is 1. The van der Waals surface area contributed by atoms with Gasteiger partial charge in [0.25, 0.3) is 0 Å². The zero-order valence-corrected chi connectivity index (χ0v) is 15.4. The number of hydrogen-bond acceptors (Lipinski definition) is 7. The summed E-state index contributed by atoms with van der Waals surface area (Å²) in [4.78, 5) is 23.7. The second-order valence-electron chi connectivity index (χ2n) is 5.79. The highest BCUT2D eigenvalue weighted by atomic mass is 32.2. The van der Waals surface area contributed by atoms with Crippen molar-refractivity contribution in [2.75, 3.05) is 17.7 Å². The van der Waals surface area contributed by atoms with Gasteiger partial charge in [0.2, 0.25) is 0 Å². The number of anilines is 2. The third-order valence-electron chi connectivity index (χ3n) is 3.82. The van der Waals surface area contributed by atoms with Crippen molar-refractivity contribution in [1.82, 2.24) is 15.0 Å². The molecule has 0 saturated heterocycles. The molecule has 0 bridgehead atoms. The van der Waals surface area contributed by atoms with Crippen LogP contribution in [0.25, 0.3) is 11.0 Å². The Hall–Kier alpha value is -3.02. The number of pyridine rings is 1. The van der Waals surface area contributed by atoms with Crippen LogP contribution in [-0.4, -0.2) is 33.2 Å². The van der Waals surface area contributed by atoms with Crippen LogP contribution in [0.5, 0.6) is 0 Å². The number of thioether (sulfide) groups is 1. The molecular formula is C16H14F3N5O3S. The van der Waals surface area contributed by atoms with Crippen molar-refractivity contribution in [3.63, 3.8) is 0 Å². The summed E-state index contributed by atoms with van der Waals surface area (Å²) in [5.74, 6) is -0.291. The van der Waals surface area contributed by atoms with E-state index in [0.29, 0.717) is 28.4 Å². The predicted octanol–water partition coefficient (Wildman–Crippen LogP) is 4.19. The van der Waals surface area contributed by atoms with E-state index in [-0.39, 0.29) is 11.0 Å². The van der Waals surface area contributed by atoms with E-state index in [1.807, 2.05) is 0 Å². The van der Waals surface area contributed by atoms with E-state index in [1.165, 1.54) is 19.5 Å². The number of carbonyl (C=O) groups is 1. The predicted molar refractivity (Wildman–Crippen MR) is 96.2 cm³/mol. The first-order valence-electron chi connectivity index (χ1n) is 7.78. The van der Waals surface area contributed by atoms with Gasteiger partial charge in [-0.2, -0.15) is 13.2 Å². The maximum absolute atomic E-state index is 12.9. The summed E-state index contributed by atoms with van der Waals surface area (Å²) >= 11 is 0.948. The Labute approximate surface area is 160 Å². The Morgan fingerprint density at radius 1 is 1.36 bits per heavy atom. The van der Waals surface area contributed by atoms with Gasteiger partial charge in [0, 0.05) is 18.5 Å². The van der Waals surface area contributed by atoms with Gasteiger partial charge >= 0.3 is 12.3 Å². The lowest BCUT2D eigenvalue weighted by Crippen LogP contribution is -2.23. The number of hydrogen-bond donors (Lipinski definition) is 2. The van der Waals surface area contributed by atoms with Gasteiger partial charge < -0.3 is 15.3 Å². The molecule has 0 radical (unpaired) electrons. The number of nitrogens with two attached hydrogens (primary N) is 1. The molecule has 3 rings (SSSR count). The number of aromatic nitrogens is 3.